The predicted octanol–water partition coefficient (Wildman–Crippen LogP) is 2.09. The molecule has 1 atom stereocenters. The van der Waals surface area contributed by atoms with Crippen LogP contribution in [0.3, 0.4) is 0 Å². The molecule has 1 rings (SSSR count). The van der Waals surface area contributed by atoms with Gasteiger partial charge in [-0.2, -0.15) is 0 Å². The number of aliphatic carboxylic acids is 1. The fraction of sp³-hybridized carbons (Fsp3) is 0.222. The van der Waals surface area contributed by atoms with Crippen molar-refractivity contribution in [2.75, 3.05) is 0 Å². The molecule has 0 aromatic heterocycles. The topological polar surface area (TPSA) is 37.3 Å². The standard InChI is InChI=1S/C9H9FO2/c1-6-4-2-3-5-7(6)8(10)9(11)12/h2-5,8H,1H3,(H,11,12). The summed E-state index contributed by atoms with van der Waals surface area (Å²) in [6.45, 7) is 1.69. The lowest BCUT2D eigenvalue weighted by Gasteiger charge is -2.05. The molecule has 1 aromatic rings. The van der Waals surface area contributed by atoms with E-state index < -0.39 is 12.1 Å². The maximum absolute atomic E-state index is 12.9. The van der Waals surface area contributed by atoms with Crippen LogP contribution in [0.15, 0.2) is 24.3 Å². The van der Waals surface area contributed by atoms with E-state index in [4.69, 9.17) is 5.11 Å². The van der Waals surface area contributed by atoms with Crippen molar-refractivity contribution in [1.29, 1.82) is 0 Å². The number of hydrogen-bond acceptors (Lipinski definition) is 1. The third-order valence-electron chi connectivity index (χ3n) is 1.68. The molecule has 0 saturated heterocycles. The van der Waals surface area contributed by atoms with Gasteiger partial charge in [-0.1, -0.05) is 24.3 Å². The highest BCUT2D eigenvalue weighted by atomic mass is 19.1. The number of aryl methyl sites for hydroxylation is 1. The van der Waals surface area contributed by atoms with E-state index in [9.17, 15) is 9.18 Å². The van der Waals surface area contributed by atoms with Crippen molar-refractivity contribution in [3.63, 3.8) is 0 Å². The van der Waals surface area contributed by atoms with Crippen LogP contribution in [0.4, 0.5) is 4.39 Å². The maximum Gasteiger partial charge on any atom is 0.343 e. The van der Waals surface area contributed by atoms with Gasteiger partial charge in [-0.15, -0.1) is 0 Å². The summed E-state index contributed by atoms with van der Waals surface area (Å²) in [5.74, 6) is -1.44. The van der Waals surface area contributed by atoms with Crippen LogP contribution in [0.25, 0.3) is 0 Å². The van der Waals surface area contributed by atoms with Gasteiger partial charge in [0.2, 0.25) is 6.17 Å². The molecule has 1 unspecified atom stereocenters. The Kier molecular flexibility index (Phi) is 2.43. The van der Waals surface area contributed by atoms with Crippen molar-refractivity contribution in [1.82, 2.24) is 0 Å². The first-order valence-corrected chi connectivity index (χ1v) is 3.55. The summed E-state index contributed by atoms with van der Waals surface area (Å²) < 4.78 is 12.9. The minimum absolute atomic E-state index is 0.227. The first-order chi connectivity index (χ1) is 5.63. The fourth-order valence-corrected chi connectivity index (χ4v) is 1.00. The molecule has 0 radical (unpaired) electrons. The Morgan fingerprint density at radius 3 is 2.58 bits per heavy atom. The van der Waals surface area contributed by atoms with Crippen molar-refractivity contribution in [3.05, 3.63) is 35.4 Å². The summed E-state index contributed by atoms with van der Waals surface area (Å²) >= 11 is 0. The number of hydrogen-bond donors (Lipinski definition) is 1. The Balaban J connectivity index is 3.02. The lowest BCUT2D eigenvalue weighted by atomic mass is 10.1. The highest BCUT2D eigenvalue weighted by molar-refractivity contribution is 5.74. The van der Waals surface area contributed by atoms with Crippen LogP contribution in [-0.4, -0.2) is 11.1 Å². The first kappa shape index (κ1) is 8.71. The van der Waals surface area contributed by atoms with Gasteiger partial charge in [0.15, 0.2) is 0 Å². The molecule has 0 aliphatic rings. The Morgan fingerprint density at radius 1 is 1.50 bits per heavy atom. The van der Waals surface area contributed by atoms with Crippen LogP contribution in [-0.2, 0) is 4.79 Å². The molecular formula is C9H9FO2. The molecule has 12 heavy (non-hydrogen) atoms. The normalized spacial score (nSPS) is 12.5. The van der Waals surface area contributed by atoms with Crippen LogP contribution < -0.4 is 0 Å². The Hall–Kier alpha value is -1.38. The molecule has 0 amide bonds. The molecule has 0 heterocycles. The summed E-state index contributed by atoms with van der Waals surface area (Å²) in [7, 11) is 0. The number of benzene rings is 1. The van der Waals surface area contributed by atoms with Crippen LogP contribution in [0.5, 0.6) is 0 Å². The lowest BCUT2D eigenvalue weighted by Crippen LogP contribution is -2.07. The van der Waals surface area contributed by atoms with Crippen molar-refractivity contribution in [2.45, 2.75) is 13.1 Å². The van der Waals surface area contributed by atoms with Gasteiger partial charge in [-0.05, 0) is 12.5 Å². The second-order valence-corrected chi connectivity index (χ2v) is 2.56. The lowest BCUT2D eigenvalue weighted by molar-refractivity contribution is -0.143. The van der Waals surface area contributed by atoms with Gasteiger partial charge < -0.3 is 5.11 Å². The Labute approximate surface area is 69.6 Å². The molecule has 0 fully saturated rings. The van der Waals surface area contributed by atoms with Crippen LogP contribution in [0.2, 0.25) is 0 Å². The third-order valence-corrected chi connectivity index (χ3v) is 1.68. The molecule has 3 heteroatoms. The van der Waals surface area contributed by atoms with Gasteiger partial charge in [0.25, 0.3) is 0 Å². The molecule has 0 spiro atoms. The minimum atomic E-state index is -1.91. The molecular weight excluding hydrogens is 159 g/mol. The quantitative estimate of drug-likeness (QED) is 0.734. The zero-order valence-electron chi connectivity index (χ0n) is 6.62. The smallest absolute Gasteiger partial charge is 0.343 e. The van der Waals surface area contributed by atoms with E-state index in [1.807, 2.05) is 0 Å². The second-order valence-electron chi connectivity index (χ2n) is 2.56. The Bertz CT molecular complexity index is 296. The van der Waals surface area contributed by atoms with Crippen molar-refractivity contribution in [3.8, 4) is 0 Å². The zero-order valence-corrected chi connectivity index (χ0v) is 6.62. The van der Waals surface area contributed by atoms with Crippen LogP contribution in [0.1, 0.15) is 17.3 Å². The third kappa shape index (κ3) is 1.61. The van der Waals surface area contributed by atoms with Crippen molar-refractivity contribution in [2.24, 2.45) is 0 Å². The molecule has 2 nitrogen and oxygen atoms in total. The maximum atomic E-state index is 12.9. The number of carbonyl (C=O) groups is 1. The van der Waals surface area contributed by atoms with Gasteiger partial charge in [0.05, 0.1) is 0 Å². The molecule has 0 bridgehead atoms. The van der Waals surface area contributed by atoms with E-state index in [-0.39, 0.29) is 5.56 Å². The summed E-state index contributed by atoms with van der Waals surface area (Å²) in [5.41, 5.74) is 0.886. The SMILES string of the molecule is Cc1ccccc1C(F)C(=O)O. The second kappa shape index (κ2) is 3.34. The summed E-state index contributed by atoms with van der Waals surface area (Å²) in [6, 6.07) is 6.53. The van der Waals surface area contributed by atoms with E-state index in [0.29, 0.717) is 5.56 Å². The van der Waals surface area contributed by atoms with Crippen molar-refractivity contribution < 1.29 is 14.3 Å². The minimum Gasteiger partial charge on any atom is -0.479 e. The number of carboxylic acid groups (broad SMARTS) is 1. The van der Waals surface area contributed by atoms with Crippen molar-refractivity contribution >= 4 is 5.97 Å². The Morgan fingerprint density at radius 2 is 2.08 bits per heavy atom. The number of halogens is 1. The van der Waals surface area contributed by atoms with Gasteiger partial charge in [-0.3, -0.25) is 0 Å². The monoisotopic (exact) mass is 168 g/mol. The van der Waals surface area contributed by atoms with E-state index in [1.165, 1.54) is 6.07 Å². The summed E-state index contributed by atoms with van der Waals surface area (Å²) in [6.07, 6.45) is -1.91. The highest BCUT2D eigenvalue weighted by Crippen LogP contribution is 2.20. The average molecular weight is 168 g/mol. The number of rotatable bonds is 2. The summed E-state index contributed by atoms with van der Waals surface area (Å²) in [5, 5.41) is 8.38. The molecule has 1 aromatic carbocycles. The van der Waals surface area contributed by atoms with Gasteiger partial charge in [0, 0.05) is 5.56 Å². The average Bonchev–Trinajstić information content (AvgIpc) is 2.04. The molecule has 0 saturated carbocycles. The predicted molar refractivity (Wildman–Crippen MR) is 42.7 cm³/mol. The number of carboxylic acids is 1. The molecule has 0 aliphatic heterocycles. The van der Waals surface area contributed by atoms with Crippen LogP contribution >= 0.6 is 0 Å². The first-order valence-electron chi connectivity index (χ1n) is 3.55. The number of alkyl halides is 1. The molecule has 0 aliphatic carbocycles. The van der Waals surface area contributed by atoms with E-state index in [2.05, 4.69) is 0 Å². The molecule has 64 valence electrons. The molecule has 1 N–H and O–H groups in total. The van der Waals surface area contributed by atoms with E-state index in [1.54, 1.807) is 25.1 Å². The van der Waals surface area contributed by atoms with E-state index >= 15 is 0 Å². The van der Waals surface area contributed by atoms with Crippen LogP contribution in [0, 0.1) is 6.92 Å². The fourth-order valence-electron chi connectivity index (χ4n) is 1.00. The zero-order chi connectivity index (χ0) is 9.14. The largest absolute Gasteiger partial charge is 0.479 e. The highest BCUT2D eigenvalue weighted by Gasteiger charge is 2.19. The van der Waals surface area contributed by atoms with Gasteiger partial charge in [-0.25, -0.2) is 9.18 Å². The van der Waals surface area contributed by atoms with Gasteiger partial charge in [0.1, 0.15) is 0 Å². The summed E-state index contributed by atoms with van der Waals surface area (Å²) in [4.78, 5) is 10.3. The van der Waals surface area contributed by atoms with Gasteiger partial charge >= 0.3 is 5.97 Å². The van der Waals surface area contributed by atoms with E-state index in [0.717, 1.165) is 0 Å².